The van der Waals surface area contributed by atoms with Crippen molar-refractivity contribution in [3.63, 3.8) is 0 Å². The van der Waals surface area contributed by atoms with Gasteiger partial charge in [-0.3, -0.25) is 0 Å². The van der Waals surface area contributed by atoms with Crippen molar-refractivity contribution in [3.05, 3.63) is 95.4 Å². The first-order chi connectivity index (χ1) is 10.4. The zero-order valence-electron chi connectivity index (χ0n) is 11.6. The van der Waals surface area contributed by atoms with Crippen molar-refractivity contribution in [3.8, 4) is 0 Å². The summed E-state index contributed by atoms with van der Waals surface area (Å²) in [7, 11) is 0. The van der Waals surface area contributed by atoms with Crippen LogP contribution in [0.5, 0.6) is 0 Å². The van der Waals surface area contributed by atoms with Crippen LogP contribution < -0.4 is 0 Å². The summed E-state index contributed by atoms with van der Waals surface area (Å²) in [5.74, 6) is 0.867. The third-order valence-corrected chi connectivity index (χ3v) is 3.21. The van der Waals surface area contributed by atoms with E-state index in [1.807, 2.05) is 48.5 Å². The van der Waals surface area contributed by atoms with Gasteiger partial charge in [-0.1, -0.05) is 78.9 Å². The van der Waals surface area contributed by atoms with E-state index in [0.29, 0.717) is 0 Å². The molecular formula is C20H16O. The van der Waals surface area contributed by atoms with E-state index in [4.69, 9.17) is 4.42 Å². The van der Waals surface area contributed by atoms with E-state index in [2.05, 4.69) is 42.5 Å². The normalized spacial score (nSPS) is 11.4. The first-order valence-corrected chi connectivity index (χ1v) is 6.95. The van der Waals surface area contributed by atoms with Crippen LogP contribution >= 0.6 is 0 Å². The molecule has 3 rings (SSSR count). The second kappa shape index (κ2) is 6.58. The fourth-order valence-corrected chi connectivity index (χ4v) is 2.09. The van der Waals surface area contributed by atoms with Crippen LogP contribution in [0.3, 0.4) is 0 Å². The van der Waals surface area contributed by atoms with E-state index in [1.165, 1.54) is 5.56 Å². The Hall–Kier alpha value is -2.80. The molecule has 0 spiro atoms. The summed E-state index contributed by atoms with van der Waals surface area (Å²) in [5.41, 5.74) is 3.41. The number of benzene rings is 2. The Morgan fingerprint density at radius 2 is 1.14 bits per heavy atom. The fraction of sp³-hybridized carbons (Fsp3) is 0. The molecule has 0 atom stereocenters. The largest absolute Gasteiger partial charge is 0.464 e. The summed E-state index contributed by atoms with van der Waals surface area (Å²) < 4.78 is 5.54. The van der Waals surface area contributed by atoms with Crippen molar-refractivity contribution in [1.29, 1.82) is 0 Å². The Kier molecular flexibility index (Phi) is 4.13. The summed E-state index contributed by atoms with van der Waals surface area (Å²) in [6.07, 6.45) is 9.93. The number of furan rings is 1. The van der Waals surface area contributed by atoms with E-state index in [9.17, 15) is 0 Å². The third kappa shape index (κ3) is 3.61. The molecule has 1 heteroatoms. The van der Waals surface area contributed by atoms with E-state index in [1.54, 1.807) is 6.26 Å². The average Bonchev–Trinajstić information content (AvgIpc) is 3.00. The molecule has 0 unspecified atom stereocenters. The molecule has 3 aromatic rings. The second-order valence-corrected chi connectivity index (χ2v) is 4.73. The molecule has 0 radical (unpaired) electrons. The molecule has 102 valence electrons. The Morgan fingerprint density at radius 1 is 0.571 bits per heavy atom. The molecule has 21 heavy (non-hydrogen) atoms. The van der Waals surface area contributed by atoms with Crippen LogP contribution in [0.25, 0.3) is 24.3 Å². The first-order valence-electron chi connectivity index (χ1n) is 6.95. The molecule has 0 N–H and O–H groups in total. The van der Waals surface area contributed by atoms with Gasteiger partial charge in [-0.05, 0) is 23.3 Å². The summed E-state index contributed by atoms with van der Waals surface area (Å²) in [4.78, 5) is 0. The second-order valence-electron chi connectivity index (χ2n) is 4.73. The van der Waals surface area contributed by atoms with E-state index < -0.39 is 0 Å². The van der Waals surface area contributed by atoms with Gasteiger partial charge in [0.25, 0.3) is 0 Å². The zero-order valence-corrected chi connectivity index (χ0v) is 11.6. The maximum atomic E-state index is 5.54. The quantitative estimate of drug-likeness (QED) is 0.600. The molecule has 1 aromatic heterocycles. The minimum Gasteiger partial charge on any atom is -0.464 e. The maximum absolute atomic E-state index is 5.54. The van der Waals surface area contributed by atoms with Crippen LogP contribution in [0.2, 0.25) is 0 Å². The number of rotatable bonds is 4. The minimum absolute atomic E-state index is 0.867. The van der Waals surface area contributed by atoms with Gasteiger partial charge in [0.2, 0.25) is 0 Å². The molecule has 0 saturated carbocycles. The lowest BCUT2D eigenvalue weighted by molar-refractivity contribution is 0.557. The summed E-state index contributed by atoms with van der Waals surface area (Å²) in [5, 5.41) is 0. The van der Waals surface area contributed by atoms with Crippen molar-refractivity contribution < 1.29 is 4.42 Å². The van der Waals surface area contributed by atoms with E-state index in [-0.39, 0.29) is 0 Å². The monoisotopic (exact) mass is 272 g/mol. The molecule has 0 aliphatic carbocycles. The molecule has 0 aliphatic rings. The lowest BCUT2D eigenvalue weighted by Gasteiger charge is -1.94. The Labute approximate surface area is 124 Å². The number of hydrogen-bond donors (Lipinski definition) is 0. The summed E-state index contributed by atoms with van der Waals surface area (Å²) in [6.45, 7) is 0. The predicted octanol–water partition coefficient (Wildman–Crippen LogP) is 5.62. The van der Waals surface area contributed by atoms with Crippen molar-refractivity contribution in [1.82, 2.24) is 0 Å². The molecule has 1 heterocycles. The molecule has 0 saturated heterocycles. The van der Waals surface area contributed by atoms with E-state index >= 15 is 0 Å². The molecule has 0 bridgehead atoms. The molecule has 0 aliphatic heterocycles. The van der Waals surface area contributed by atoms with Crippen LogP contribution in [0.15, 0.2) is 77.4 Å². The molecule has 0 fully saturated rings. The van der Waals surface area contributed by atoms with Crippen LogP contribution in [0, 0.1) is 0 Å². The molecular weight excluding hydrogens is 256 g/mol. The SMILES string of the molecule is C(=C\c1ccoc1/C=C/c1ccccc1)/c1ccccc1. The number of hydrogen-bond acceptors (Lipinski definition) is 1. The van der Waals surface area contributed by atoms with Crippen molar-refractivity contribution >= 4 is 24.3 Å². The van der Waals surface area contributed by atoms with Gasteiger partial charge >= 0.3 is 0 Å². The van der Waals surface area contributed by atoms with Crippen molar-refractivity contribution in [2.24, 2.45) is 0 Å². The van der Waals surface area contributed by atoms with Crippen molar-refractivity contribution in [2.75, 3.05) is 0 Å². The predicted molar refractivity (Wildman–Crippen MR) is 89.4 cm³/mol. The van der Waals surface area contributed by atoms with E-state index in [0.717, 1.165) is 16.9 Å². The lowest BCUT2D eigenvalue weighted by Crippen LogP contribution is -1.74. The highest BCUT2D eigenvalue weighted by Gasteiger charge is 1.99. The zero-order chi connectivity index (χ0) is 14.3. The van der Waals surface area contributed by atoms with Gasteiger partial charge in [0, 0.05) is 5.56 Å². The highest BCUT2D eigenvalue weighted by Crippen LogP contribution is 2.17. The van der Waals surface area contributed by atoms with Gasteiger partial charge < -0.3 is 4.42 Å². The lowest BCUT2D eigenvalue weighted by atomic mass is 10.1. The van der Waals surface area contributed by atoms with Crippen LogP contribution in [-0.4, -0.2) is 0 Å². The first kappa shape index (κ1) is 13.2. The average molecular weight is 272 g/mol. The molecule has 2 aromatic carbocycles. The van der Waals surface area contributed by atoms with Gasteiger partial charge in [0.05, 0.1) is 6.26 Å². The van der Waals surface area contributed by atoms with Gasteiger partial charge in [0.15, 0.2) is 0 Å². The highest BCUT2D eigenvalue weighted by atomic mass is 16.3. The Morgan fingerprint density at radius 3 is 1.76 bits per heavy atom. The van der Waals surface area contributed by atoms with Crippen molar-refractivity contribution in [2.45, 2.75) is 0 Å². The van der Waals surface area contributed by atoms with Gasteiger partial charge in [-0.15, -0.1) is 0 Å². The van der Waals surface area contributed by atoms with Gasteiger partial charge in [-0.25, -0.2) is 0 Å². The van der Waals surface area contributed by atoms with Gasteiger partial charge in [0.1, 0.15) is 5.76 Å². The topological polar surface area (TPSA) is 13.1 Å². The Bertz CT molecular complexity index is 670. The van der Waals surface area contributed by atoms with Crippen LogP contribution in [0.1, 0.15) is 22.5 Å². The molecule has 1 nitrogen and oxygen atoms in total. The Balaban J connectivity index is 1.78. The van der Waals surface area contributed by atoms with Crippen LogP contribution in [0.4, 0.5) is 0 Å². The standard InChI is InChI=1S/C20H16O/c1-3-7-17(8-4-1)11-13-19-15-16-21-20(19)14-12-18-9-5-2-6-10-18/h1-16H/b13-11+,14-12+. The third-order valence-electron chi connectivity index (χ3n) is 3.21. The molecule has 0 amide bonds. The smallest absolute Gasteiger partial charge is 0.133 e. The highest BCUT2D eigenvalue weighted by molar-refractivity contribution is 5.77. The van der Waals surface area contributed by atoms with Crippen LogP contribution in [-0.2, 0) is 0 Å². The minimum atomic E-state index is 0.867. The summed E-state index contributed by atoms with van der Waals surface area (Å²) >= 11 is 0. The van der Waals surface area contributed by atoms with Gasteiger partial charge in [-0.2, -0.15) is 0 Å². The summed E-state index contributed by atoms with van der Waals surface area (Å²) in [6, 6.07) is 22.4. The maximum Gasteiger partial charge on any atom is 0.133 e. The fourth-order valence-electron chi connectivity index (χ4n) is 2.09.